The largest absolute Gasteiger partial charge is 0.447 e. The quantitative estimate of drug-likeness (QED) is 0.725. The fraction of sp³-hybridized carbons (Fsp3) is 0.154. The Balaban J connectivity index is 2.25. The Bertz CT molecular complexity index is 423. The Kier molecular flexibility index (Phi) is 3.05. The fourth-order valence-corrected chi connectivity index (χ4v) is 1.60. The molecule has 0 N–H and O–H groups in total. The second-order valence-corrected chi connectivity index (χ2v) is 3.45. The van der Waals surface area contributed by atoms with Crippen LogP contribution in [0.25, 0.3) is 6.08 Å². The Morgan fingerprint density at radius 3 is 2.69 bits per heavy atom. The van der Waals surface area contributed by atoms with E-state index < -0.39 is 0 Å². The summed E-state index contributed by atoms with van der Waals surface area (Å²) >= 11 is 0. The molecule has 0 aromatic heterocycles. The van der Waals surface area contributed by atoms with Crippen LogP contribution >= 0.6 is 0 Å². The first-order valence-corrected chi connectivity index (χ1v) is 5.15. The highest BCUT2D eigenvalue weighted by atomic mass is 16.6. The second kappa shape index (κ2) is 4.66. The molecule has 1 fully saturated rings. The lowest BCUT2D eigenvalue weighted by Crippen LogP contribution is -2.22. The van der Waals surface area contributed by atoms with Gasteiger partial charge in [-0.25, -0.2) is 4.79 Å². The standard InChI is InChI=1S/C13H13NO2/c1-2-12(14-8-9-16-13(14)15)10-11-6-4-3-5-7-11/h2-7,10H,1,8-9H2/b12-10+. The predicted molar refractivity (Wildman–Crippen MR) is 62.7 cm³/mol. The van der Waals surface area contributed by atoms with Gasteiger partial charge < -0.3 is 4.74 Å². The van der Waals surface area contributed by atoms with E-state index in [0.29, 0.717) is 13.2 Å². The van der Waals surface area contributed by atoms with E-state index in [1.54, 1.807) is 11.0 Å². The third kappa shape index (κ3) is 2.14. The van der Waals surface area contributed by atoms with Crippen LogP contribution in [0.5, 0.6) is 0 Å². The van der Waals surface area contributed by atoms with Crippen LogP contribution in [0.4, 0.5) is 4.79 Å². The zero-order valence-corrected chi connectivity index (χ0v) is 8.93. The molecule has 1 aliphatic rings. The van der Waals surface area contributed by atoms with Crippen molar-refractivity contribution in [3.63, 3.8) is 0 Å². The molecule has 1 saturated heterocycles. The molecule has 0 radical (unpaired) electrons. The van der Waals surface area contributed by atoms with Crippen LogP contribution in [0, 0.1) is 0 Å². The molecule has 82 valence electrons. The molecule has 0 unspecified atom stereocenters. The minimum Gasteiger partial charge on any atom is -0.447 e. The SMILES string of the molecule is C=C/C(=C\c1ccccc1)N1CCOC1=O. The molecule has 3 nitrogen and oxygen atoms in total. The number of ether oxygens (including phenoxy) is 1. The van der Waals surface area contributed by atoms with Gasteiger partial charge >= 0.3 is 6.09 Å². The Labute approximate surface area is 94.6 Å². The van der Waals surface area contributed by atoms with Gasteiger partial charge in [0.1, 0.15) is 6.61 Å². The summed E-state index contributed by atoms with van der Waals surface area (Å²) < 4.78 is 4.88. The summed E-state index contributed by atoms with van der Waals surface area (Å²) in [5, 5.41) is 0. The van der Waals surface area contributed by atoms with Crippen LogP contribution in [-0.4, -0.2) is 24.1 Å². The van der Waals surface area contributed by atoms with Gasteiger partial charge in [0.15, 0.2) is 0 Å². The first-order chi connectivity index (χ1) is 7.81. The topological polar surface area (TPSA) is 29.5 Å². The van der Waals surface area contributed by atoms with E-state index in [1.165, 1.54) is 0 Å². The molecule has 0 bridgehead atoms. The molecular formula is C13H13NO2. The van der Waals surface area contributed by atoms with Gasteiger partial charge in [-0.15, -0.1) is 0 Å². The Morgan fingerprint density at radius 2 is 2.12 bits per heavy atom. The maximum atomic E-state index is 11.4. The van der Waals surface area contributed by atoms with Gasteiger partial charge in [0, 0.05) is 5.70 Å². The lowest BCUT2D eigenvalue weighted by Gasteiger charge is -2.13. The first kappa shape index (κ1) is 10.5. The summed E-state index contributed by atoms with van der Waals surface area (Å²) in [5.41, 5.74) is 1.81. The number of carbonyl (C=O) groups excluding carboxylic acids is 1. The Morgan fingerprint density at radius 1 is 1.38 bits per heavy atom. The van der Waals surface area contributed by atoms with Gasteiger partial charge in [-0.05, 0) is 17.7 Å². The van der Waals surface area contributed by atoms with Gasteiger partial charge in [-0.3, -0.25) is 4.90 Å². The number of rotatable bonds is 3. The second-order valence-electron chi connectivity index (χ2n) is 3.45. The smallest absolute Gasteiger partial charge is 0.414 e. The predicted octanol–water partition coefficient (Wildman–Crippen LogP) is 2.67. The van der Waals surface area contributed by atoms with E-state index in [9.17, 15) is 4.79 Å². The zero-order valence-electron chi connectivity index (χ0n) is 8.93. The van der Waals surface area contributed by atoms with Crippen LogP contribution in [0.1, 0.15) is 5.56 Å². The molecule has 16 heavy (non-hydrogen) atoms. The monoisotopic (exact) mass is 215 g/mol. The number of carbonyl (C=O) groups is 1. The number of allylic oxidation sites excluding steroid dienone is 1. The molecule has 1 amide bonds. The third-order valence-electron chi connectivity index (χ3n) is 2.40. The van der Waals surface area contributed by atoms with Crippen LogP contribution < -0.4 is 0 Å². The molecule has 0 aliphatic carbocycles. The van der Waals surface area contributed by atoms with Crippen LogP contribution in [0.2, 0.25) is 0 Å². The molecule has 2 rings (SSSR count). The van der Waals surface area contributed by atoms with Crippen molar-refractivity contribution in [1.82, 2.24) is 4.90 Å². The van der Waals surface area contributed by atoms with Gasteiger partial charge in [-0.1, -0.05) is 36.9 Å². The third-order valence-corrected chi connectivity index (χ3v) is 2.40. The van der Waals surface area contributed by atoms with Crippen LogP contribution in [0.15, 0.2) is 48.7 Å². The molecule has 0 atom stereocenters. The minimum atomic E-state index is -0.304. The van der Waals surface area contributed by atoms with E-state index in [-0.39, 0.29) is 6.09 Å². The normalized spacial score (nSPS) is 16.1. The van der Waals surface area contributed by atoms with Crippen molar-refractivity contribution in [2.45, 2.75) is 0 Å². The van der Waals surface area contributed by atoms with E-state index >= 15 is 0 Å². The summed E-state index contributed by atoms with van der Waals surface area (Å²) in [6.45, 7) is 4.75. The summed E-state index contributed by atoms with van der Waals surface area (Å²) in [4.78, 5) is 13.0. The molecule has 1 heterocycles. The maximum Gasteiger partial charge on any atom is 0.414 e. The van der Waals surface area contributed by atoms with Crippen molar-refractivity contribution in [2.75, 3.05) is 13.2 Å². The Hall–Kier alpha value is -2.03. The van der Waals surface area contributed by atoms with Gasteiger partial charge in [-0.2, -0.15) is 0 Å². The van der Waals surface area contributed by atoms with Gasteiger partial charge in [0.2, 0.25) is 0 Å². The lowest BCUT2D eigenvalue weighted by atomic mass is 10.2. The van der Waals surface area contributed by atoms with E-state index in [1.807, 2.05) is 36.4 Å². The fourth-order valence-electron chi connectivity index (χ4n) is 1.60. The highest BCUT2D eigenvalue weighted by Gasteiger charge is 2.23. The summed E-state index contributed by atoms with van der Waals surface area (Å²) in [6.07, 6.45) is 3.28. The average Bonchev–Trinajstić information content (AvgIpc) is 2.74. The number of hydrogen-bond acceptors (Lipinski definition) is 2. The molecule has 1 aliphatic heterocycles. The van der Waals surface area contributed by atoms with Crippen molar-refractivity contribution >= 4 is 12.2 Å². The molecule has 1 aromatic carbocycles. The number of nitrogens with zero attached hydrogens (tertiary/aromatic N) is 1. The van der Waals surface area contributed by atoms with Crippen molar-refractivity contribution in [1.29, 1.82) is 0 Å². The van der Waals surface area contributed by atoms with Gasteiger partial charge in [0.05, 0.1) is 6.54 Å². The van der Waals surface area contributed by atoms with Crippen LogP contribution in [0.3, 0.4) is 0 Å². The van der Waals surface area contributed by atoms with Crippen LogP contribution in [-0.2, 0) is 4.74 Å². The highest BCUT2D eigenvalue weighted by molar-refractivity contribution is 5.74. The van der Waals surface area contributed by atoms with E-state index in [4.69, 9.17) is 4.74 Å². The summed E-state index contributed by atoms with van der Waals surface area (Å²) in [6, 6.07) is 9.81. The lowest BCUT2D eigenvalue weighted by molar-refractivity contribution is 0.165. The summed E-state index contributed by atoms with van der Waals surface area (Å²) in [7, 11) is 0. The number of amides is 1. The van der Waals surface area contributed by atoms with Crippen molar-refractivity contribution in [3.8, 4) is 0 Å². The van der Waals surface area contributed by atoms with Gasteiger partial charge in [0.25, 0.3) is 0 Å². The van der Waals surface area contributed by atoms with E-state index in [2.05, 4.69) is 6.58 Å². The van der Waals surface area contributed by atoms with E-state index in [0.717, 1.165) is 11.3 Å². The zero-order chi connectivity index (χ0) is 11.4. The number of cyclic esters (lactones) is 1. The average molecular weight is 215 g/mol. The van der Waals surface area contributed by atoms with Crippen molar-refractivity contribution in [3.05, 3.63) is 54.2 Å². The summed E-state index contributed by atoms with van der Waals surface area (Å²) in [5.74, 6) is 0. The first-order valence-electron chi connectivity index (χ1n) is 5.15. The number of hydrogen-bond donors (Lipinski definition) is 0. The molecule has 1 aromatic rings. The molecule has 0 saturated carbocycles. The maximum absolute atomic E-state index is 11.4. The highest BCUT2D eigenvalue weighted by Crippen LogP contribution is 2.16. The van der Waals surface area contributed by atoms with Crippen molar-refractivity contribution < 1.29 is 9.53 Å². The molecular weight excluding hydrogens is 202 g/mol. The minimum absolute atomic E-state index is 0.304. The molecule has 3 heteroatoms. The number of benzene rings is 1. The van der Waals surface area contributed by atoms with Crippen molar-refractivity contribution in [2.24, 2.45) is 0 Å². The molecule has 0 spiro atoms.